The number of methoxy groups -OCH3 is 1. The highest BCUT2D eigenvalue weighted by molar-refractivity contribution is 7.07. The van der Waals surface area contributed by atoms with Crippen molar-refractivity contribution in [2.24, 2.45) is 4.99 Å². The van der Waals surface area contributed by atoms with Gasteiger partial charge in [0.05, 0.1) is 41.1 Å². The smallest absolute Gasteiger partial charge is 0.338 e. The molecule has 9 nitrogen and oxygen atoms in total. The molecule has 1 aliphatic rings. The van der Waals surface area contributed by atoms with Gasteiger partial charge in [-0.15, -0.1) is 0 Å². The van der Waals surface area contributed by atoms with Crippen molar-refractivity contribution in [2.75, 3.05) is 13.7 Å². The number of carbonyl (C=O) groups is 2. The summed E-state index contributed by atoms with van der Waals surface area (Å²) in [4.78, 5) is 43.1. The third kappa shape index (κ3) is 4.89. The Morgan fingerprint density at radius 3 is 2.52 bits per heavy atom. The average Bonchev–Trinajstić information content (AvgIpc) is 3.52. The predicted molar refractivity (Wildman–Crippen MR) is 149 cm³/mol. The van der Waals surface area contributed by atoms with Gasteiger partial charge in [-0.25, -0.2) is 14.6 Å². The van der Waals surface area contributed by atoms with Crippen LogP contribution in [0.2, 0.25) is 0 Å². The van der Waals surface area contributed by atoms with E-state index in [0.717, 1.165) is 11.1 Å². The number of aromatic nitrogens is 1. The molecule has 2 aromatic carbocycles. The normalized spacial score (nSPS) is 15.0. The molecule has 1 N–H and O–H groups in total. The molecule has 1 aliphatic heterocycles. The Morgan fingerprint density at radius 2 is 1.88 bits per heavy atom. The number of aryl methyl sites for hydroxylation is 1. The van der Waals surface area contributed by atoms with Gasteiger partial charge in [0.25, 0.3) is 5.56 Å². The molecule has 0 bridgehead atoms. The Labute approximate surface area is 232 Å². The molecule has 0 unspecified atom stereocenters. The third-order valence-corrected chi connectivity index (χ3v) is 7.57. The van der Waals surface area contributed by atoms with E-state index in [9.17, 15) is 19.5 Å². The van der Waals surface area contributed by atoms with E-state index in [1.54, 1.807) is 63.4 Å². The average molecular weight is 559 g/mol. The van der Waals surface area contributed by atoms with Crippen LogP contribution in [-0.4, -0.2) is 35.3 Å². The van der Waals surface area contributed by atoms with Gasteiger partial charge >= 0.3 is 11.9 Å². The van der Waals surface area contributed by atoms with Crippen LogP contribution in [-0.2, 0) is 9.53 Å². The molecule has 0 spiro atoms. The molecule has 5 rings (SSSR count). The van der Waals surface area contributed by atoms with Crippen LogP contribution in [0, 0.1) is 6.92 Å². The summed E-state index contributed by atoms with van der Waals surface area (Å²) >= 11 is 1.20. The lowest BCUT2D eigenvalue weighted by Crippen LogP contribution is -2.39. The zero-order valence-electron chi connectivity index (χ0n) is 22.3. The molecule has 0 amide bonds. The molecule has 40 heavy (non-hydrogen) atoms. The minimum absolute atomic E-state index is 0.189. The van der Waals surface area contributed by atoms with Gasteiger partial charge in [0.2, 0.25) is 0 Å². The molecular weight excluding hydrogens is 532 g/mol. The van der Waals surface area contributed by atoms with Gasteiger partial charge in [0.1, 0.15) is 17.3 Å². The molecule has 204 valence electrons. The van der Waals surface area contributed by atoms with Gasteiger partial charge in [-0.3, -0.25) is 9.36 Å². The number of benzene rings is 2. The topological polar surface area (TPSA) is 120 Å². The molecule has 0 aliphatic carbocycles. The quantitative estimate of drug-likeness (QED) is 0.340. The largest absolute Gasteiger partial charge is 0.497 e. The fourth-order valence-electron chi connectivity index (χ4n) is 4.67. The minimum atomic E-state index is -1.00. The fourth-order valence-corrected chi connectivity index (χ4v) is 5.70. The number of allylic oxidation sites excluding steroid dienone is 1. The first-order valence-corrected chi connectivity index (χ1v) is 13.3. The number of aromatic carboxylic acids is 1. The van der Waals surface area contributed by atoms with Crippen LogP contribution in [0.25, 0.3) is 17.4 Å². The number of rotatable bonds is 7. The summed E-state index contributed by atoms with van der Waals surface area (Å²) in [6, 6.07) is 14.8. The number of thiazole rings is 1. The van der Waals surface area contributed by atoms with E-state index in [1.807, 2.05) is 19.1 Å². The zero-order chi connectivity index (χ0) is 28.6. The zero-order valence-corrected chi connectivity index (χ0v) is 23.1. The Kier molecular flexibility index (Phi) is 7.27. The van der Waals surface area contributed by atoms with Crippen LogP contribution in [0.3, 0.4) is 0 Å². The number of esters is 1. The van der Waals surface area contributed by atoms with Crippen molar-refractivity contribution < 1.29 is 28.6 Å². The van der Waals surface area contributed by atoms with E-state index in [1.165, 1.54) is 22.0 Å². The van der Waals surface area contributed by atoms with Crippen LogP contribution in [0.1, 0.15) is 47.1 Å². The van der Waals surface area contributed by atoms with Crippen molar-refractivity contribution in [1.82, 2.24) is 4.57 Å². The molecule has 4 aromatic rings. The summed E-state index contributed by atoms with van der Waals surface area (Å²) < 4.78 is 18.5. The Hall–Kier alpha value is -4.70. The van der Waals surface area contributed by atoms with Gasteiger partial charge in [0.15, 0.2) is 4.80 Å². The molecule has 0 radical (unpaired) electrons. The van der Waals surface area contributed by atoms with Gasteiger partial charge < -0.3 is 19.0 Å². The van der Waals surface area contributed by atoms with E-state index in [2.05, 4.69) is 4.99 Å². The highest BCUT2D eigenvalue weighted by atomic mass is 32.1. The van der Waals surface area contributed by atoms with Crippen LogP contribution < -0.4 is 19.6 Å². The molecule has 1 atom stereocenters. The van der Waals surface area contributed by atoms with Crippen LogP contribution in [0.5, 0.6) is 5.75 Å². The number of carbonyl (C=O) groups excluding carboxylic acids is 1. The van der Waals surface area contributed by atoms with Gasteiger partial charge in [-0.2, -0.15) is 0 Å². The second-order valence-corrected chi connectivity index (χ2v) is 10.1. The number of carboxylic acid groups (broad SMARTS) is 1. The van der Waals surface area contributed by atoms with Gasteiger partial charge in [0, 0.05) is 11.6 Å². The number of nitrogens with zero attached hydrogens (tertiary/aromatic N) is 2. The summed E-state index contributed by atoms with van der Waals surface area (Å²) in [5.74, 6) is 0.114. The number of hydrogen-bond donors (Lipinski definition) is 1. The summed E-state index contributed by atoms with van der Waals surface area (Å²) in [6.07, 6.45) is 1.64. The van der Waals surface area contributed by atoms with Crippen LogP contribution >= 0.6 is 11.3 Å². The van der Waals surface area contributed by atoms with Gasteiger partial charge in [-0.1, -0.05) is 29.5 Å². The summed E-state index contributed by atoms with van der Waals surface area (Å²) in [5, 5.41) is 9.24. The van der Waals surface area contributed by atoms with Gasteiger partial charge in [-0.05, 0) is 68.3 Å². The lowest BCUT2D eigenvalue weighted by molar-refractivity contribution is -0.139. The highest BCUT2D eigenvalue weighted by Crippen LogP contribution is 2.32. The van der Waals surface area contributed by atoms with Crippen molar-refractivity contribution in [1.29, 1.82) is 0 Å². The van der Waals surface area contributed by atoms with Crippen molar-refractivity contribution in [3.63, 3.8) is 0 Å². The molecule has 0 saturated heterocycles. The maximum Gasteiger partial charge on any atom is 0.338 e. The molecule has 10 heteroatoms. The number of hydrogen-bond acceptors (Lipinski definition) is 8. The monoisotopic (exact) mass is 558 g/mol. The predicted octanol–water partition coefficient (Wildman–Crippen LogP) is 4.07. The first-order chi connectivity index (χ1) is 19.2. The number of ether oxygens (including phenoxy) is 2. The molecule has 0 fully saturated rings. The second-order valence-electron chi connectivity index (χ2n) is 9.11. The first kappa shape index (κ1) is 26.9. The maximum absolute atomic E-state index is 13.8. The molecular formula is C30H26N2O7S. The van der Waals surface area contributed by atoms with E-state index < -0.39 is 18.0 Å². The summed E-state index contributed by atoms with van der Waals surface area (Å²) in [7, 11) is 1.57. The van der Waals surface area contributed by atoms with E-state index in [4.69, 9.17) is 13.9 Å². The first-order valence-electron chi connectivity index (χ1n) is 12.5. The number of fused-ring (bicyclic) bond motifs is 1. The lowest BCUT2D eigenvalue weighted by Gasteiger charge is -2.24. The summed E-state index contributed by atoms with van der Waals surface area (Å²) in [6.45, 7) is 5.46. The second kappa shape index (κ2) is 10.8. The molecule has 0 saturated carbocycles. The van der Waals surface area contributed by atoms with Crippen molar-refractivity contribution in [3.05, 3.63) is 108 Å². The third-order valence-electron chi connectivity index (χ3n) is 6.59. The Balaban J connectivity index is 1.60. The molecule has 2 aromatic heterocycles. The SMILES string of the molecule is CCOC(=O)C1=C(C)N=c2s/c(=C\c3ccc(-c4ccc(C(=O)O)cc4C)o3)c(=O)n2[C@H]1c1ccc(OC)cc1. The minimum Gasteiger partial charge on any atom is -0.497 e. The maximum atomic E-state index is 13.8. The van der Waals surface area contributed by atoms with E-state index in [-0.39, 0.29) is 17.7 Å². The highest BCUT2D eigenvalue weighted by Gasteiger charge is 2.33. The van der Waals surface area contributed by atoms with Crippen molar-refractivity contribution in [3.8, 4) is 17.1 Å². The van der Waals surface area contributed by atoms with Crippen LogP contribution in [0.15, 0.2) is 80.1 Å². The Morgan fingerprint density at radius 1 is 1.12 bits per heavy atom. The Bertz CT molecular complexity index is 1840. The number of furan rings is 1. The number of carboxylic acids is 1. The lowest BCUT2D eigenvalue weighted by atomic mass is 9.96. The van der Waals surface area contributed by atoms with E-state index in [0.29, 0.717) is 43.4 Å². The van der Waals surface area contributed by atoms with E-state index >= 15 is 0 Å². The fraction of sp³-hybridized carbons (Fsp3) is 0.200. The molecule has 3 heterocycles. The standard InChI is InChI=1S/C30H26N2O7S/c1-5-38-29(36)25-17(3)31-30-32(26(25)18-6-9-20(37-4)10-7-18)27(33)24(40-30)15-21-11-13-23(39-21)22-12-8-19(28(34)35)14-16(22)2/h6-15,26H,5H2,1-4H3,(H,34,35)/b24-15-/t26-/m0/s1. The van der Waals surface area contributed by atoms with Crippen molar-refractivity contribution in [2.45, 2.75) is 26.8 Å². The summed E-state index contributed by atoms with van der Waals surface area (Å²) in [5.41, 5.74) is 2.87. The van der Waals surface area contributed by atoms with Crippen molar-refractivity contribution >= 4 is 29.4 Å². The van der Waals surface area contributed by atoms with Crippen LogP contribution in [0.4, 0.5) is 0 Å².